The Balaban J connectivity index is 2.95. The lowest BCUT2D eigenvalue weighted by molar-refractivity contribution is 0.806. The topological polar surface area (TPSA) is 34.9 Å². The molecule has 0 unspecified atom stereocenters. The SMILES string of the molecule is CC(C)c1cn(C)c(=O)c2cccnc12. The van der Waals surface area contributed by atoms with Crippen LogP contribution in [0.25, 0.3) is 10.9 Å². The van der Waals surface area contributed by atoms with Crippen molar-refractivity contribution < 1.29 is 0 Å². The van der Waals surface area contributed by atoms with Gasteiger partial charge in [-0.05, 0) is 23.6 Å². The first-order valence-electron chi connectivity index (χ1n) is 5.05. The van der Waals surface area contributed by atoms with E-state index in [0.29, 0.717) is 11.3 Å². The molecule has 0 saturated carbocycles. The van der Waals surface area contributed by atoms with Crippen molar-refractivity contribution in [1.82, 2.24) is 9.55 Å². The number of aromatic nitrogens is 2. The Labute approximate surface area is 88.4 Å². The van der Waals surface area contributed by atoms with Gasteiger partial charge in [0, 0.05) is 19.4 Å². The second-order valence-electron chi connectivity index (χ2n) is 4.05. The molecule has 0 spiro atoms. The van der Waals surface area contributed by atoms with Crippen LogP contribution in [0, 0.1) is 0 Å². The van der Waals surface area contributed by atoms with E-state index in [1.165, 1.54) is 0 Å². The van der Waals surface area contributed by atoms with Crippen molar-refractivity contribution in [3.8, 4) is 0 Å². The number of fused-ring (bicyclic) bond motifs is 1. The third-order valence-electron chi connectivity index (χ3n) is 2.59. The number of aryl methyl sites for hydroxylation is 1. The van der Waals surface area contributed by atoms with Crippen molar-refractivity contribution >= 4 is 10.9 Å². The third-order valence-corrected chi connectivity index (χ3v) is 2.59. The normalized spacial score (nSPS) is 11.2. The van der Waals surface area contributed by atoms with Gasteiger partial charge in [0.05, 0.1) is 10.9 Å². The minimum absolute atomic E-state index is 0.0162. The van der Waals surface area contributed by atoms with Crippen LogP contribution in [0.2, 0.25) is 0 Å². The quantitative estimate of drug-likeness (QED) is 0.709. The molecule has 78 valence electrons. The summed E-state index contributed by atoms with van der Waals surface area (Å²) in [6.45, 7) is 4.21. The molecule has 0 fully saturated rings. The molecule has 0 aromatic carbocycles. The summed E-state index contributed by atoms with van der Waals surface area (Å²) >= 11 is 0. The van der Waals surface area contributed by atoms with Crippen LogP contribution in [0.15, 0.2) is 29.3 Å². The van der Waals surface area contributed by atoms with Crippen molar-refractivity contribution in [2.24, 2.45) is 7.05 Å². The second kappa shape index (κ2) is 3.50. The Kier molecular flexibility index (Phi) is 2.31. The summed E-state index contributed by atoms with van der Waals surface area (Å²) in [4.78, 5) is 16.1. The molecule has 2 rings (SSSR count). The molecular weight excluding hydrogens is 188 g/mol. The number of nitrogens with zero attached hydrogens (tertiary/aromatic N) is 2. The maximum Gasteiger partial charge on any atom is 0.259 e. The molecule has 0 amide bonds. The van der Waals surface area contributed by atoms with E-state index in [2.05, 4.69) is 18.8 Å². The maximum absolute atomic E-state index is 11.8. The van der Waals surface area contributed by atoms with Crippen LogP contribution in [-0.4, -0.2) is 9.55 Å². The summed E-state index contributed by atoms with van der Waals surface area (Å²) < 4.78 is 1.62. The van der Waals surface area contributed by atoms with Gasteiger partial charge in [-0.2, -0.15) is 0 Å². The average molecular weight is 202 g/mol. The zero-order chi connectivity index (χ0) is 11.0. The molecule has 0 N–H and O–H groups in total. The highest BCUT2D eigenvalue weighted by atomic mass is 16.1. The standard InChI is InChI=1S/C12H14N2O/c1-8(2)10-7-14(3)12(15)9-5-4-6-13-11(9)10/h4-8H,1-3H3. The molecule has 0 aliphatic heterocycles. The smallest absolute Gasteiger partial charge is 0.259 e. The van der Waals surface area contributed by atoms with E-state index < -0.39 is 0 Å². The van der Waals surface area contributed by atoms with Crippen molar-refractivity contribution in [1.29, 1.82) is 0 Å². The molecule has 2 aromatic rings. The molecule has 3 nitrogen and oxygen atoms in total. The van der Waals surface area contributed by atoms with Gasteiger partial charge in [-0.1, -0.05) is 13.8 Å². The Morgan fingerprint density at radius 1 is 1.40 bits per heavy atom. The minimum Gasteiger partial charge on any atom is -0.318 e. The van der Waals surface area contributed by atoms with E-state index >= 15 is 0 Å². The third kappa shape index (κ3) is 1.54. The van der Waals surface area contributed by atoms with Gasteiger partial charge in [0.15, 0.2) is 0 Å². The van der Waals surface area contributed by atoms with Crippen molar-refractivity contribution in [3.05, 3.63) is 40.4 Å². The molecule has 0 aliphatic rings. The van der Waals surface area contributed by atoms with E-state index in [1.54, 1.807) is 23.9 Å². The number of hydrogen-bond donors (Lipinski definition) is 0. The molecule has 0 bridgehead atoms. The summed E-state index contributed by atoms with van der Waals surface area (Å²) in [6.07, 6.45) is 3.61. The molecule has 0 radical (unpaired) electrons. The van der Waals surface area contributed by atoms with Gasteiger partial charge in [-0.3, -0.25) is 9.78 Å². The first-order valence-corrected chi connectivity index (χ1v) is 5.05. The van der Waals surface area contributed by atoms with Gasteiger partial charge in [-0.15, -0.1) is 0 Å². The van der Waals surface area contributed by atoms with Gasteiger partial charge in [0.25, 0.3) is 5.56 Å². The first-order chi connectivity index (χ1) is 7.11. The summed E-state index contributed by atoms with van der Waals surface area (Å²) in [7, 11) is 1.78. The van der Waals surface area contributed by atoms with E-state index in [4.69, 9.17) is 0 Å². The van der Waals surface area contributed by atoms with Crippen LogP contribution in [0.1, 0.15) is 25.3 Å². The van der Waals surface area contributed by atoms with E-state index in [0.717, 1.165) is 11.1 Å². The fourth-order valence-corrected chi connectivity index (χ4v) is 1.75. The molecule has 2 aromatic heterocycles. The predicted molar refractivity (Wildman–Crippen MR) is 61.1 cm³/mol. The molecule has 0 aliphatic carbocycles. The van der Waals surface area contributed by atoms with Crippen LogP contribution < -0.4 is 5.56 Å². The lowest BCUT2D eigenvalue weighted by atomic mass is 10.0. The van der Waals surface area contributed by atoms with Crippen LogP contribution in [-0.2, 0) is 7.05 Å². The van der Waals surface area contributed by atoms with Crippen molar-refractivity contribution in [2.75, 3.05) is 0 Å². The number of pyridine rings is 2. The van der Waals surface area contributed by atoms with Gasteiger partial charge < -0.3 is 4.57 Å². The molecule has 0 saturated heterocycles. The second-order valence-corrected chi connectivity index (χ2v) is 4.05. The molecular formula is C12H14N2O. The fourth-order valence-electron chi connectivity index (χ4n) is 1.75. The highest BCUT2D eigenvalue weighted by Gasteiger charge is 2.09. The Morgan fingerprint density at radius 2 is 2.13 bits per heavy atom. The molecule has 0 atom stereocenters. The van der Waals surface area contributed by atoms with Crippen LogP contribution in [0.5, 0.6) is 0 Å². The summed E-state index contributed by atoms with van der Waals surface area (Å²) in [5.41, 5.74) is 1.96. The van der Waals surface area contributed by atoms with E-state index in [9.17, 15) is 4.79 Å². The fraction of sp³-hybridized carbons (Fsp3) is 0.333. The van der Waals surface area contributed by atoms with Crippen LogP contribution in [0.4, 0.5) is 0 Å². The van der Waals surface area contributed by atoms with E-state index in [-0.39, 0.29) is 5.56 Å². The number of rotatable bonds is 1. The van der Waals surface area contributed by atoms with Gasteiger partial charge in [-0.25, -0.2) is 0 Å². The Hall–Kier alpha value is -1.64. The predicted octanol–water partition coefficient (Wildman–Crippen LogP) is 2.06. The van der Waals surface area contributed by atoms with Gasteiger partial charge in [0.2, 0.25) is 0 Å². The summed E-state index contributed by atoms with van der Waals surface area (Å²) in [5.74, 6) is 0.370. The maximum atomic E-state index is 11.8. The Morgan fingerprint density at radius 3 is 2.80 bits per heavy atom. The highest BCUT2D eigenvalue weighted by molar-refractivity contribution is 5.80. The van der Waals surface area contributed by atoms with Crippen LogP contribution >= 0.6 is 0 Å². The van der Waals surface area contributed by atoms with Crippen LogP contribution in [0.3, 0.4) is 0 Å². The lowest BCUT2D eigenvalue weighted by Crippen LogP contribution is -2.18. The van der Waals surface area contributed by atoms with E-state index in [1.807, 2.05) is 12.3 Å². The molecule has 15 heavy (non-hydrogen) atoms. The summed E-state index contributed by atoms with van der Waals surface area (Å²) in [6, 6.07) is 3.63. The average Bonchev–Trinajstić information content (AvgIpc) is 2.23. The lowest BCUT2D eigenvalue weighted by Gasteiger charge is -2.10. The zero-order valence-corrected chi connectivity index (χ0v) is 9.19. The van der Waals surface area contributed by atoms with Gasteiger partial charge >= 0.3 is 0 Å². The van der Waals surface area contributed by atoms with Crippen molar-refractivity contribution in [2.45, 2.75) is 19.8 Å². The molecule has 2 heterocycles. The Bertz CT molecular complexity index is 555. The summed E-state index contributed by atoms with van der Waals surface area (Å²) in [5, 5.41) is 0.700. The monoisotopic (exact) mass is 202 g/mol. The molecule has 3 heteroatoms. The van der Waals surface area contributed by atoms with Crippen molar-refractivity contribution in [3.63, 3.8) is 0 Å². The first kappa shape index (κ1) is 9.90. The number of hydrogen-bond acceptors (Lipinski definition) is 2. The largest absolute Gasteiger partial charge is 0.318 e. The minimum atomic E-state index is 0.0162. The van der Waals surface area contributed by atoms with Gasteiger partial charge in [0.1, 0.15) is 0 Å². The zero-order valence-electron chi connectivity index (χ0n) is 9.19. The highest BCUT2D eigenvalue weighted by Crippen LogP contribution is 2.20.